The van der Waals surface area contributed by atoms with Crippen LogP contribution in [0.15, 0.2) is 54.9 Å². The summed E-state index contributed by atoms with van der Waals surface area (Å²) in [7, 11) is 0. The maximum atomic E-state index is 6.01. The highest BCUT2D eigenvalue weighted by atomic mass is 35.5. The summed E-state index contributed by atoms with van der Waals surface area (Å²) < 4.78 is 0. The number of nitrogen functional groups attached to an aromatic ring is 2. The average molecular weight is 325 g/mol. The van der Waals surface area contributed by atoms with Crippen LogP contribution in [-0.4, -0.2) is 9.97 Å². The molecule has 0 aliphatic carbocycles. The van der Waals surface area contributed by atoms with Crippen LogP contribution in [0.5, 0.6) is 0 Å². The molecule has 2 aromatic heterocycles. The van der Waals surface area contributed by atoms with Gasteiger partial charge in [0.15, 0.2) is 0 Å². The van der Waals surface area contributed by atoms with Crippen LogP contribution in [0.1, 0.15) is 11.1 Å². The predicted molar refractivity (Wildman–Crippen MR) is 95.2 cm³/mol. The summed E-state index contributed by atoms with van der Waals surface area (Å²) in [6, 6.07) is 13.6. The molecule has 0 saturated carbocycles. The molecule has 5 heteroatoms. The summed E-state index contributed by atoms with van der Waals surface area (Å²) in [4.78, 5) is 8.42. The van der Waals surface area contributed by atoms with Crippen molar-refractivity contribution in [2.75, 3.05) is 11.5 Å². The van der Waals surface area contributed by atoms with Crippen molar-refractivity contribution >= 4 is 23.2 Å². The van der Waals surface area contributed by atoms with Crippen LogP contribution in [-0.2, 0) is 12.8 Å². The number of halogens is 1. The second kappa shape index (κ2) is 6.67. The molecule has 0 atom stereocenters. The van der Waals surface area contributed by atoms with Crippen molar-refractivity contribution in [3.63, 3.8) is 0 Å². The van der Waals surface area contributed by atoms with Crippen molar-refractivity contribution in [3.8, 4) is 11.1 Å². The number of hydrogen-bond acceptors (Lipinski definition) is 4. The Kier molecular flexibility index (Phi) is 4.44. The van der Waals surface area contributed by atoms with Gasteiger partial charge in [-0.3, -0.25) is 0 Å². The molecular formula is C18H17ClN4. The first-order valence-electron chi connectivity index (χ1n) is 7.32. The molecular weight excluding hydrogens is 308 g/mol. The van der Waals surface area contributed by atoms with Gasteiger partial charge in [-0.25, -0.2) is 9.97 Å². The molecule has 3 rings (SSSR count). The lowest BCUT2D eigenvalue weighted by Crippen LogP contribution is -2.00. The molecule has 0 radical (unpaired) electrons. The third-order valence-corrected chi connectivity index (χ3v) is 3.97. The predicted octanol–water partition coefficient (Wildman–Crippen LogP) is 3.75. The lowest BCUT2D eigenvalue weighted by atomic mass is 10.0. The van der Waals surface area contributed by atoms with Gasteiger partial charge in [-0.2, -0.15) is 0 Å². The Morgan fingerprint density at radius 1 is 0.826 bits per heavy atom. The molecule has 0 unspecified atom stereocenters. The van der Waals surface area contributed by atoms with Gasteiger partial charge in [0, 0.05) is 28.5 Å². The van der Waals surface area contributed by atoms with Crippen molar-refractivity contribution in [3.05, 3.63) is 71.0 Å². The number of nitrogens with two attached hydrogens (primary N) is 2. The molecule has 0 spiro atoms. The van der Waals surface area contributed by atoms with E-state index in [1.165, 1.54) is 5.56 Å². The van der Waals surface area contributed by atoms with E-state index in [0.29, 0.717) is 11.6 Å². The monoisotopic (exact) mass is 324 g/mol. The van der Waals surface area contributed by atoms with Crippen molar-refractivity contribution in [2.24, 2.45) is 0 Å². The van der Waals surface area contributed by atoms with E-state index in [0.717, 1.165) is 34.6 Å². The van der Waals surface area contributed by atoms with E-state index in [1.807, 2.05) is 30.3 Å². The highest BCUT2D eigenvalue weighted by Crippen LogP contribution is 2.23. The van der Waals surface area contributed by atoms with Crippen LogP contribution in [0, 0.1) is 0 Å². The largest absolute Gasteiger partial charge is 0.384 e. The molecule has 2 heterocycles. The van der Waals surface area contributed by atoms with Gasteiger partial charge in [0.2, 0.25) is 0 Å². The number of aromatic nitrogens is 2. The fraction of sp³-hybridized carbons (Fsp3) is 0.111. The third-order valence-electron chi connectivity index (χ3n) is 3.72. The van der Waals surface area contributed by atoms with Crippen LogP contribution in [0.3, 0.4) is 0 Å². The number of benzene rings is 1. The first kappa shape index (κ1) is 15.3. The smallest absolute Gasteiger partial charge is 0.126 e. The Balaban J connectivity index is 1.80. The van der Waals surface area contributed by atoms with Gasteiger partial charge in [0.1, 0.15) is 11.6 Å². The number of nitrogens with zero attached hydrogens (tertiary/aromatic N) is 2. The number of hydrogen-bond donors (Lipinski definition) is 2. The molecule has 0 aliphatic rings. The van der Waals surface area contributed by atoms with Gasteiger partial charge in [-0.15, -0.1) is 0 Å². The average Bonchev–Trinajstić information content (AvgIpc) is 2.56. The molecule has 4 nitrogen and oxygen atoms in total. The fourth-order valence-corrected chi connectivity index (χ4v) is 2.51. The molecule has 116 valence electrons. The van der Waals surface area contributed by atoms with Crippen LogP contribution in [0.4, 0.5) is 11.6 Å². The number of rotatable bonds is 4. The number of aryl methyl sites for hydroxylation is 2. The molecule has 0 fully saturated rings. The minimum Gasteiger partial charge on any atom is -0.384 e. The Bertz CT molecular complexity index is 798. The summed E-state index contributed by atoms with van der Waals surface area (Å²) >= 11 is 5.91. The van der Waals surface area contributed by atoms with Gasteiger partial charge >= 0.3 is 0 Å². The first-order chi connectivity index (χ1) is 11.1. The zero-order valence-electron chi connectivity index (χ0n) is 12.5. The lowest BCUT2D eigenvalue weighted by molar-refractivity contribution is 0.955. The van der Waals surface area contributed by atoms with Gasteiger partial charge in [-0.05, 0) is 54.3 Å². The third kappa shape index (κ3) is 3.79. The summed E-state index contributed by atoms with van der Waals surface area (Å²) in [6.45, 7) is 0. The standard InChI is InChI=1S/C18H17ClN4/c19-16-6-2-12(3-7-16)1-4-13-9-15(11-23-18(13)21)14-5-8-17(20)22-10-14/h2-3,5-11H,1,4H2,(H2,20,22)(H2,21,23). The van der Waals surface area contributed by atoms with Crippen molar-refractivity contribution < 1.29 is 0 Å². The molecule has 0 aliphatic heterocycles. The molecule has 1 aromatic carbocycles. The normalized spacial score (nSPS) is 10.7. The quantitative estimate of drug-likeness (QED) is 0.766. The van der Waals surface area contributed by atoms with E-state index < -0.39 is 0 Å². The van der Waals surface area contributed by atoms with E-state index >= 15 is 0 Å². The minimum atomic E-state index is 0.500. The van der Waals surface area contributed by atoms with Gasteiger partial charge < -0.3 is 11.5 Å². The van der Waals surface area contributed by atoms with Crippen LogP contribution in [0.2, 0.25) is 5.02 Å². The number of anilines is 2. The molecule has 0 saturated heterocycles. The lowest BCUT2D eigenvalue weighted by Gasteiger charge is -2.08. The molecule has 4 N–H and O–H groups in total. The van der Waals surface area contributed by atoms with Gasteiger partial charge in [-0.1, -0.05) is 23.7 Å². The summed E-state index contributed by atoms with van der Waals surface area (Å²) in [5.41, 5.74) is 15.8. The summed E-state index contributed by atoms with van der Waals surface area (Å²) in [5.74, 6) is 1.06. The fourth-order valence-electron chi connectivity index (χ4n) is 2.39. The zero-order chi connectivity index (χ0) is 16.2. The second-order valence-electron chi connectivity index (χ2n) is 5.37. The SMILES string of the molecule is Nc1ccc(-c2cnc(N)c(CCc3ccc(Cl)cc3)c2)cn1. The van der Waals surface area contributed by atoms with E-state index in [9.17, 15) is 0 Å². The summed E-state index contributed by atoms with van der Waals surface area (Å²) in [5, 5.41) is 0.743. The van der Waals surface area contributed by atoms with Crippen LogP contribution < -0.4 is 11.5 Å². The van der Waals surface area contributed by atoms with Crippen molar-refractivity contribution in [1.82, 2.24) is 9.97 Å². The maximum Gasteiger partial charge on any atom is 0.126 e. The molecule has 0 bridgehead atoms. The van der Waals surface area contributed by atoms with E-state index in [4.69, 9.17) is 23.1 Å². The Morgan fingerprint density at radius 3 is 2.26 bits per heavy atom. The van der Waals surface area contributed by atoms with Gasteiger partial charge in [0.05, 0.1) is 0 Å². The minimum absolute atomic E-state index is 0.500. The Labute approximate surface area is 140 Å². The first-order valence-corrected chi connectivity index (χ1v) is 7.70. The van der Waals surface area contributed by atoms with E-state index in [2.05, 4.69) is 16.0 Å². The van der Waals surface area contributed by atoms with E-state index in [1.54, 1.807) is 18.5 Å². The molecule has 23 heavy (non-hydrogen) atoms. The van der Waals surface area contributed by atoms with Crippen LogP contribution >= 0.6 is 11.6 Å². The Hall–Kier alpha value is -2.59. The number of pyridine rings is 2. The maximum absolute atomic E-state index is 6.01. The second-order valence-corrected chi connectivity index (χ2v) is 5.80. The van der Waals surface area contributed by atoms with Crippen LogP contribution in [0.25, 0.3) is 11.1 Å². The molecule has 3 aromatic rings. The Morgan fingerprint density at radius 2 is 1.57 bits per heavy atom. The molecule has 0 amide bonds. The zero-order valence-corrected chi connectivity index (χ0v) is 13.3. The van der Waals surface area contributed by atoms with Crippen molar-refractivity contribution in [1.29, 1.82) is 0 Å². The highest BCUT2D eigenvalue weighted by Gasteiger charge is 2.06. The van der Waals surface area contributed by atoms with Gasteiger partial charge in [0.25, 0.3) is 0 Å². The van der Waals surface area contributed by atoms with E-state index in [-0.39, 0.29) is 0 Å². The summed E-state index contributed by atoms with van der Waals surface area (Å²) in [6.07, 6.45) is 5.20. The van der Waals surface area contributed by atoms with Crippen molar-refractivity contribution in [2.45, 2.75) is 12.8 Å². The topological polar surface area (TPSA) is 77.8 Å². The highest BCUT2D eigenvalue weighted by molar-refractivity contribution is 6.30.